The van der Waals surface area contributed by atoms with Crippen molar-refractivity contribution in [2.24, 2.45) is 5.92 Å². The van der Waals surface area contributed by atoms with Gasteiger partial charge in [-0.3, -0.25) is 4.79 Å². The van der Waals surface area contributed by atoms with Crippen LogP contribution in [0.2, 0.25) is 25.7 Å². The topological polar surface area (TPSA) is 94.5 Å². The summed E-state index contributed by atoms with van der Waals surface area (Å²) in [6.07, 6.45) is 4.56. The molecular formula is C30H48N4O4Si. The number of ether oxygens (including phenoxy) is 2. The molecule has 1 heterocycles. The van der Waals surface area contributed by atoms with Gasteiger partial charge in [0.25, 0.3) is 0 Å². The van der Waals surface area contributed by atoms with Crippen molar-refractivity contribution in [3.8, 4) is 11.1 Å². The van der Waals surface area contributed by atoms with Crippen molar-refractivity contribution in [1.29, 1.82) is 0 Å². The summed E-state index contributed by atoms with van der Waals surface area (Å²) >= 11 is 0. The van der Waals surface area contributed by atoms with Gasteiger partial charge in [0.15, 0.2) is 0 Å². The molecule has 1 aliphatic rings. The minimum absolute atomic E-state index is 0.0923. The van der Waals surface area contributed by atoms with Gasteiger partial charge in [0.05, 0.1) is 5.69 Å². The van der Waals surface area contributed by atoms with Crippen molar-refractivity contribution in [3.63, 3.8) is 0 Å². The second-order valence-corrected chi connectivity index (χ2v) is 18.6. The molecule has 1 fully saturated rings. The molecule has 2 aromatic rings. The van der Waals surface area contributed by atoms with Gasteiger partial charge >= 0.3 is 6.09 Å². The van der Waals surface area contributed by atoms with Crippen molar-refractivity contribution < 1.29 is 19.1 Å². The van der Waals surface area contributed by atoms with E-state index in [1.54, 1.807) is 0 Å². The molecule has 8 nitrogen and oxygen atoms in total. The average Bonchev–Trinajstić information content (AvgIpc) is 3.12. The molecule has 0 bridgehead atoms. The van der Waals surface area contributed by atoms with E-state index in [4.69, 9.17) is 14.6 Å². The number of hydrogen-bond donors (Lipinski definition) is 2. The maximum Gasteiger partial charge on any atom is 0.408 e. The Morgan fingerprint density at radius 3 is 2.31 bits per heavy atom. The highest BCUT2D eigenvalue weighted by Crippen LogP contribution is 2.30. The van der Waals surface area contributed by atoms with Gasteiger partial charge in [-0.25, -0.2) is 9.48 Å². The average molecular weight is 557 g/mol. The Hall–Kier alpha value is -2.65. The Morgan fingerprint density at radius 2 is 1.72 bits per heavy atom. The van der Waals surface area contributed by atoms with Gasteiger partial charge in [-0.05, 0) is 77.1 Å². The minimum Gasteiger partial charge on any atom is -0.444 e. The van der Waals surface area contributed by atoms with E-state index < -0.39 is 25.8 Å². The molecule has 1 aromatic carbocycles. The number of aryl methyl sites for hydroxylation is 1. The Bertz CT molecular complexity index is 1110. The minimum atomic E-state index is -1.13. The molecule has 1 saturated carbocycles. The van der Waals surface area contributed by atoms with Gasteiger partial charge in [0, 0.05) is 31.6 Å². The number of anilines is 1. The Balaban J connectivity index is 1.68. The third kappa shape index (κ3) is 9.49. The van der Waals surface area contributed by atoms with Crippen molar-refractivity contribution >= 4 is 25.8 Å². The van der Waals surface area contributed by atoms with E-state index in [1.165, 1.54) is 6.42 Å². The van der Waals surface area contributed by atoms with E-state index in [9.17, 15) is 9.59 Å². The van der Waals surface area contributed by atoms with Crippen LogP contribution < -0.4 is 10.6 Å². The molecule has 0 aliphatic heterocycles. The number of nitrogens with one attached hydrogen (secondary N) is 2. The molecule has 3 rings (SSSR count). The van der Waals surface area contributed by atoms with Gasteiger partial charge in [0.1, 0.15) is 18.4 Å². The second-order valence-electron chi connectivity index (χ2n) is 13.0. The zero-order valence-corrected chi connectivity index (χ0v) is 26.1. The normalized spacial score (nSPS) is 15.6. The number of carbonyl (C=O) groups is 2. The highest BCUT2D eigenvalue weighted by atomic mass is 28.3. The molecule has 0 saturated heterocycles. The summed E-state index contributed by atoms with van der Waals surface area (Å²) in [5.41, 5.74) is 4.17. The summed E-state index contributed by atoms with van der Waals surface area (Å²) in [4.78, 5) is 25.9. The van der Waals surface area contributed by atoms with Crippen LogP contribution in [0.1, 0.15) is 64.3 Å². The van der Waals surface area contributed by atoms with E-state index in [-0.39, 0.29) is 11.8 Å². The van der Waals surface area contributed by atoms with Crippen LogP contribution >= 0.6 is 0 Å². The van der Waals surface area contributed by atoms with E-state index >= 15 is 0 Å². The van der Waals surface area contributed by atoms with Crippen LogP contribution in [0.5, 0.6) is 0 Å². The fourth-order valence-electron chi connectivity index (χ4n) is 5.01. The SMILES string of the molecule is Cc1nn(COCC[Si](C)(C)C)c(C)c1-c1ccc(NC(=O)C(NC(=O)OC(C)(C)C)C2CCCCC2)cc1. The molecular weight excluding hydrogens is 508 g/mol. The number of amides is 2. The molecule has 0 spiro atoms. The first-order valence-corrected chi connectivity index (χ1v) is 18.0. The predicted octanol–water partition coefficient (Wildman–Crippen LogP) is 6.89. The van der Waals surface area contributed by atoms with Gasteiger partial charge < -0.3 is 20.1 Å². The largest absolute Gasteiger partial charge is 0.444 e. The summed E-state index contributed by atoms with van der Waals surface area (Å²) in [5.74, 6) is -0.120. The molecule has 1 aromatic heterocycles. The lowest BCUT2D eigenvalue weighted by atomic mass is 9.83. The Morgan fingerprint density at radius 1 is 1.08 bits per heavy atom. The summed E-state index contributed by atoms with van der Waals surface area (Å²) in [6.45, 7) is 17.8. The molecule has 9 heteroatoms. The van der Waals surface area contributed by atoms with Crippen LogP contribution in [0.15, 0.2) is 24.3 Å². The van der Waals surface area contributed by atoms with E-state index in [1.807, 2.05) is 56.6 Å². The van der Waals surface area contributed by atoms with E-state index in [2.05, 4.69) is 37.2 Å². The van der Waals surface area contributed by atoms with Crippen LogP contribution in [-0.4, -0.2) is 48.1 Å². The number of carbonyl (C=O) groups excluding carboxylic acids is 2. The fourth-order valence-corrected chi connectivity index (χ4v) is 5.77. The maximum absolute atomic E-state index is 13.4. The van der Waals surface area contributed by atoms with Gasteiger partial charge in [-0.15, -0.1) is 0 Å². The lowest BCUT2D eigenvalue weighted by Crippen LogP contribution is -2.50. The molecule has 1 aliphatic carbocycles. The highest BCUT2D eigenvalue weighted by molar-refractivity contribution is 6.76. The lowest BCUT2D eigenvalue weighted by molar-refractivity contribution is -0.119. The molecule has 216 valence electrons. The Labute approximate surface area is 235 Å². The van der Waals surface area contributed by atoms with Gasteiger partial charge in [0.2, 0.25) is 5.91 Å². The van der Waals surface area contributed by atoms with Gasteiger partial charge in [-0.1, -0.05) is 51.0 Å². The number of nitrogens with zero attached hydrogens (tertiary/aromatic N) is 2. The summed E-state index contributed by atoms with van der Waals surface area (Å²) < 4.78 is 13.3. The molecule has 2 amide bonds. The van der Waals surface area contributed by atoms with E-state index in [0.29, 0.717) is 12.4 Å². The predicted molar refractivity (Wildman–Crippen MR) is 160 cm³/mol. The molecule has 1 unspecified atom stereocenters. The standard InChI is InChI=1S/C30H48N4O4Si/c1-21-26(22(2)34(33-21)20-37-18-19-39(6,7)8)23-14-16-25(17-15-23)31-28(35)27(24-12-10-9-11-13-24)32-29(36)38-30(3,4)5/h14-17,24,27H,9-13,18-20H2,1-8H3,(H,31,35)(H,32,36). The van der Waals surface area contributed by atoms with Crippen molar-refractivity contribution in [2.75, 3.05) is 11.9 Å². The Kier molecular flexibility index (Phi) is 10.4. The third-order valence-corrected chi connectivity index (χ3v) is 8.81. The number of benzene rings is 1. The molecule has 0 radical (unpaired) electrons. The molecule has 1 atom stereocenters. The maximum atomic E-state index is 13.4. The first kappa shape index (κ1) is 30.9. The van der Waals surface area contributed by atoms with Crippen LogP contribution in [-0.2, 0) is 21.0 Å². The quantitative estimate of drug-likeness (QED) is 0.245. The van der Waals surface area contributed by atoms with Crippen molar-refractivity contribution in [2.45, 2.75) is 111 Å². The monoisotopic (exact) mass is 556 g/mol. The molecule has 2 N–H and O–H groups in total. The number of hydrogen-bond acceptors (Lipinski definition) is 5. The summed E-state index contributed by atoms with van der Waals surface area (Å²) in [7, 11) is -1.13. The third-order valence-electron chi connectivity index (χ3n) is 7.11. The zero-order valence-electron chi connectivity index (χ0n) is 25.1. The molecule has 39 heavy (non-hydrogen) atoms. The lowest BCUT2D eigenvalue weighted by Gasteiger charge is -2.31. The van der Waals surface area contributed by atoms with E-state index in [0.717, 1.165) is 60.8 Å². The van der Waals surface area contributed by atoms with Crippen LogP contribution in [0.4, 0.5) is 10.5 Å². The fraction of sp³-hybridized carbons (Fsp3) is 0.633. The van der Waals surface area contributed by atoms with Crippen LogP contribution in [0, 0.1) is 19.8 Å². The second kappa shape index (κ2) is 13.1. The van der Waals surface area contributed by atoms with Crippen molar-refractivity contribution in [1.82, 2.24) is 15.1 Å². The first-order chi connectivity index (χ1) is 18.2. The first-order valence-electron chi connectivity index (χ1n) is 14.3. The van der Waals surface area contributed by atoms with Crippen molar-refractivity contribution in [3.05, 3.63) is 35.7 Å². The summed E-state index contributed by atoms with van der Waals surface area (Å²) in [5, 5.41) is 10.6. The van der Waals surface area contributed by atoms with Gasteiger partial charge in [-0.2, -0.15) is 5.10 Å². The zero-order chi connectivity index (χ0) is 28.8. The van der Waals surface area contributed by atoms with Crippen LogP contribution in [0.25, 0.3) is 11.1 Å². The number of rotatable bonds is 10. The highest BCUT2D eigenvalue weighted by Gasteiger charge is 2.32. The number of alkyl carbamates (subject to hydrolysis) is 1. The smallest absolute Gasteiger partial charge is 0.408 e. The van der Waals surface area contributed by atoms with Crippen LogP contribution in [0.3, 0.4) is 0 Å². The number of aromatic nitrogens is 2. The summed E-state index contributed by atoms with van der Waals surface area (Å²) in [6, 6.07) is 8.29.